The van der Waals surface area contributed by atoms with E-state index in [2.05, 4.69) is 36.7 Å². The second-order valence-corrected chi connectivity index (χ2v) is 7.33. The molecule has 1 aromatic heterocycles. The summed E-state index contributed by atoms with van der Waals surface area (Å²) in [7, 11) is 0. The van der Waals surface area contributed by atoms with Gasteiger partial charge in [0.05, 0.1) is 11.9 Å². The third-order valence-corrected chi connectivity index (χ3v) is 5.64. The molecule has 2 amide bonds. The van der Waals surface area contributed by atoms with Crippen LogP contribution < -0.4 is 10.6 Å². The molecule has 0 saturated heterocycles. The van der Waals surface area contributed by atoms with Crippen LogP contribution in [0.5, 0.6) is 0 Å². The molecule has 0 unspecified atom stereocenters. The Kier molecular flexibility index (Phi) is 4.30. The quantitative estimate of drug-likeness (QED) is 0.686. The summed E-state index contributed by atoms with van der Waals surface area (Å²) in [4.78, 5) is 28.9. The molecule has 4 rings (SSSR count). The summed E-state index contributed by atoms with van der Waals surface area (Å²) in [6.07, 6.45) is 2.41. The zero-order valence-corrected chi connectivity index (χ0v) is 16.1. The van der Waals surface area contributed by atoms with Gasteiger partial charge in [-0.2, -0.15) is 0 Å². The van der Waals surface area contributed by atoms with Gasteiger partial charge in [-0.15, -0.1) is 0 Å². The number of nitrogens with one attached hydrogen (secondary N) is 1. The second kappa shape index (κ2) is 6.68. The van der Waals surface area contributed by atoms with E-state index in [9.17, 15) is 9.59 Å². The number of aryl methyl sites for hydroxylation is 2. The summed E-state index contributed by atoms with van der Waals surface area (Å²) >= 11 is 0. The minimum Gasteiger partial charge on any atom is -0.369 e. The second-order valence-electron chi connectivity index (χ2n) is 7.33. The van der Waals surface area contributed by atoms with E-state index in [4.69, 9.17) is 5.73 Å². The Balaban J connectivity index is 1.90. The van der Waals surface area contributed by atoms with Gasteiger partial charge < -0.3 is 15.6 Å². The molecule has 0 aliphatic carbocycles. The number of hydrogen-bond acceptors (Lipinski definition) is 2. The van der Waals surface area contributed by atoms with Gasteiger partial charge in [0.25, 0.3) is 0 Å². The molecule has 28 heavy (non-hydrogen) atoms. The predicted octanol–water partition coefficient (Wildman–Crippen LogP) is 3.55. The topological polar surface area (TPSA) is 79.2 Å². The van der Waals surface area contributed by atoms with Crippen molar-refractivity contribution in [1.29, 1.82) is 0 Å². The Morgan fingerprint density at radius 2 is 2.04 bits per heavy atom. The van der Waals surface area contributed by atoms with Crippen LogP contribution in [-0.4, -0.2) is 23.3 Å². The van der Waals surface area contributed by atoms with Crippen molar-refractivity contribution < 1.29 is 9.59 Å². The summed E-state index contributed by atoms with van der Waals surface area (Å²) in [6.45, 7) is 8.40. The minimum absolute atomic E-state index is 0.0773. The molecule has 0 bridgehead atoms. The molecule has 0 radical (unpaired) electrons. The molecule has 1 aliphatic rings. The first-order valence-electron chi connectivity index (χ1n) is 9.37. The van der Waals surface area contributed by atoms with Gasteiger partial charge in [-0.25, -0.2) is 0 Å². The van der Waals surface area contributed by atoms with Gasteiger partial charge in [-0.1, -0.05) is 30.8 Å². The molecule has 5 nitrogen and oxygen atoms in total. The number of benzene rings is 2. The normalized spacial score (nSPS) is 13.0. The highest BCUT2D eigenvalue weighted by Gasteiger charge is 2.24. The fourth-order valence-corrected chi connectivity index (χ4v) is 4.11. The van der Waals surface area contributed by atoms with Crippen molar-refractivity contribution >= 4 is 28.4 Å². The molecule has 0 saturated carbocycles. The maximum Gasteiger partial charge on any atom is 0.250 e. The Hall–Kier alpha value is -3.34. The Morgan fingerprint density at radius 1 is 1.25 bits per heavy atom. The number of carbonyl (C=O) groups excluding carboxylic acids is 2. The largest absolute Gasteiger partial charge is 0.369 e. The van der Waals surface area contributed by atoms with Gasteiger partial charge in [-0.05, 0) is 60.2 Å². The first-order valence-corrected chi connectivity index (χ1v) is 9.37. The predicted molar refractivity (Wildman–Crippen MR) is 112 cm³/mol. The third-order valence-electron chi connectivity index (χ3n) is 5.64. The lowest BCUT2D eigenvalue weighted by atomic mass is 9.94. The number of hydrogen-bond donors (Lipinski definition) is 2. The number of H-pyrrole nitrogens is 1. The molecular formula is C23H23N3O2. The van der Waals surface area contributed by atoms with E-state index in [1.807, 2.05) is 19.1 Å². The molecule has 0 fully saturated rings. The van der Waals surface area contributed by atoms with Crippen LogP contribution in [-0.2, 0) is 22.4 Å². The van der Waals surface area contributed by atoms with Crippen molar-refractivity contribution in [3.63, 3.8) is 0 Å². The van der Waals surface area contributed by atoms with E-state index >= 15 is 0 Å². The number of amides is 2. The van der Waals surface area contributed by atoms with Crippen molar-refractivity contribution in [3.8, 4) is 11.1 Å². The lowest BCUT2D eigenvalue weighted by molar-refractivity contribution is -0.117. The van der Waals surface area contributed by atoms with Crippen molar-refractivity contribution in [1.82, 2.24) is 4.98 Å². The first kappa shape index (κ1) is 18.0. The highest BCUT2D eigenvalue weighted by Crippen LogP contribution is 2.38. The number of carbonyl (C=O) groups is 2. The average Bonchev–Trinajstić information content (AvgIpc) is 3.22. The van der Waals surface area contributed by atoms with Gasteiger partial charge in [0, 0.05) is 23.3 Å². The maximum absolute atomic E-state index is 12.2. The monoisotopic (exact) mass is 373 g/mol. The van der Waals surface area contributed by atoms with E-state index in [0.717, 1.165) is 51.0 Å². The van der Waals surface area contributed by atoms with Crippen LogP contribution in [0.1, 0.15) is 22.4 Å². The van der Waals surface area contributed by atoms with Crippen LogP contribution >= 0.6 is 0 Å². The van der Waals surface area contributed by atoms with Gasteiger partial charge in [0.1, 0.15) is 0 Å². The molecule has 142 valence electrons. The van der Waals surface area contributed by atoms with E-state index in [-0.39, 0.29) is 18.2 Å². The SMILES string of the molecule is C=CC(=O)N1CCc2ccc(-c3ccc(CC(N)=O)c4[nH]c(C)c(C)c34)cc21. The van der Waals surface area contributed by atoms with Crippen LogP contribution in [0.2, 0.25) is 0 Å². The lowest BCUT2D eigenvalue weighted by Gasteiger charge is -2.16. The summed E-state index contributed by atoms with van der Waals surface area (Å²) in [5.74, 6) is -0.429. The molecule has 1 aliphatic heterocycles. The number of aromatic amines is 1. The zero-order valence-electron chi connectivity index (χ0n) is 16.1. The summed E-state index contributed by atoms with van der Waals surface area (Å²) in [5, 5.41) is 1.09. The number of fused-ring (bicyclic) bond motifs is 2. The molecule has 0 spiro atoms. The van der Waals surface area contributed by atoms with Gasteiger partial charge in [-0.3, -0.25) is 9.59 Å². The minimum atomic E-state index is -0.352. The van der Waals surface area contributed by atoms with Crippen molar-refractivity contribution in [2.75, 3.05) is 11.4 Å². The Morgan fingerprint density at radius 3 is 2.75 bits per heavy atom. The lowest BCUT2D eigenvalue weighted by Crippen LogP contribution is -2.26. The summed E-state index contributed by atoms with van der Waals surface area (Å²) in [5.41, 5.74) is 13.7. The summed E-state index contributed by atoms with van der Waals surface area (Å²) < 4.78 is 0. The zero-order chi connectivity index (χ0) is 20.0. The molecule has 2 aromatic carbocycles. The van der Waals surface area contributed by atoms with Gasteiger partial charge in [0.15, 0.2) is 0 Å². The number of nitrogens with two attached hydrogens (primary N) is 1. The van der Waals surface area contributed by atoms with Crippen molar-refractivity contribution in [2.24, 2.45) is 5.73 Å². The van der Waals surface area contributed by atoms with Crippen LogP contribution in [0.4, 0.5) is 5.69 Å². The fraction of sp³-hybridized carbons (Fsp3) is 0.217. The van der Waals surface area contributed by atoms with Gasteiger partial charge in [0.2, 0.25) is 11.8 Å². The number of aromatic nitrogens is 1. The molecule has 5 heteroatoms. The maximum atomic E-state index is 12.2. The smallest absolute Gasteiger partial charge is 0.250 e. The van der Waals surface area contributed by atoms with Crippen molar-refractivity contribution in [3.05, 3.63) is 65.4 Å². The van der Waals surface area contributed by atoms with Crippen LogP contribution in [0.3, 0.4) is 0 Å². The molecular weight excluding hydrogens is 350 g/mol. The highest BCUT2D eigenvalue weighted by molar-refractivity contribution is 6.05. The number of anilines is 1. The molecule has 0 atom stereocenters. The number of nitrogens with zero attached hydrogens (tertiary/aromatic N) is 1. The van der Waals surface area contributed by atoms with E-state index < -0.39 is 0 Å². The van der Waals surface area contributed by atoms with Crippen LogP contribution in [0, 0.1) is 13.8 Å². The van der Waals surface area contributed by atoms with E-state index in [1.165, 1.54) is 11.6 Å². The third kappa shape index (κ3) is 2.80. The van der Waals surface area contributed by atoms with Crippen LogP contribution in [0.15, 0.2) is 43.0 Å². The number of primary amides is 1. The molecule has 3 aromatic rings. The molecule has 3 N–H and O–H groups in total. The first-order chi connectivity index (χ1) is 13.4. The van der Waals surface area contributed by atoms with Crippen LogP contribution in [0.25, 0.3) is 22.0 Å². The average molecular weight is 373 g/mol. The highest BCUT2D eigenvalue weighted by atomic mass is 16.2. The molecule has 2 heterocycles. The fourth-order valence-electron chi connectivity index (χ4n) is 4.11. The van der Waals surface area contributed by atoms with Crippen molar-refractivity contribution in [2.45, 2.75) is 26.7 Å². The summed E-state index contributed by atoms with van der Waals surface area (Å²) in [6, 6.07) is 10.3. The Bertz CT molecular complexity index is 1140. The van der Waals surface area contributed by atoms with Gasteiger partial charge >= 0.3 is 0 Å². The van der Waals surface area contributed by atoms with E-state index in [1.54, 1.807) is 4.90 Å². The number of rotatable bonds is 4. The van der Waals surface area contributed by atoms with E-state index in [0.29, 0.717) is 6.54 Å². The Labute approximate surface area is 163 Å². The standard InChI is InChI=1S/C23H23N3O2/c1-4-21(28)26-10-9-15-5-6-16(11-19(15)26)18-8-7-17(12-20(24)27)23-22(18)13(2)14(3)25-23/h4-8,11,25H,1,9-10,12H2,2-3H3,(H2,24,27).